The van der Waals surface area contributed by atoms with Crippen molar-refractivity contribution in [2.45, 2.75) is 5.92 Å². The quantitative estimate of drug-likeness (QED) is 0.580. The second-order valence-corrected chi connectivity index (χ2v) is 3.72. The van der Waals surface area contributed by atoms with E-state index in [1.54, 1.807) is 0 Å². The summed E-state index contributed by atoms with van der Waals surface area (Å²) in [6.45, 7) is 2.59. The summed E-state index contributed by atoms with van der Waals surface area (Å²) >= 11 is 0. The Labute approximate surface area is 60.1 Å². The van der Waals surface area contributed by atoms with Crippen LogP contribution in [-0.4, -0.2) is 23.2 Å². The summed E-state index contributed by atoms with van der Waals surface area (Å²) in [5.74, 6) is -2.60. The van der Waals surface area contributed by atoms with Crippen LogP contribution in [0.2, 0.25) is 0 Å². The lowest BCUT2D eigenvalue weighted by molar-refractivity contribution is -0.842. The molecule has 1 atom stereocenters. The van der Waals surface area contributed by atoms with Gasteiger partial charge in [-0.05, 0) is 0 Å². The summed E-state index contributed by atoms with van der Waals surface area (Å²) in [5, 5.41) is 1.19. The summed E-state index contributed by atoms with van der Waals surface area (Å²) < 4.78 is 35.3. The molecular formula is C5H8F2NOS+. The first kappa shape index (κ1) is 7.81. The Morgan fingerprint density at radius 3 is 2.40 bits per heavy atom. The molecular weight excluding hydrogens is 160 g/mol. The number of hydrogen-bond acceptors (Lipinski definition) is 1. The molecule has 0 aromatic carbocycles. The van der Waals surface area contributed by atoms with Gasteiger partial charge in [0.1, 0.15) is 0 Å². The average molecular weight is 168 g/mol. The van der Waals surface area contributed by atoms with E-state index in [0.717, 1.165) is 0 Å². The highest BCUT2D eigenvalue weighted by Crippen LogP contribution is 2.13. The van der Waals surface area contributed by atoms with Crippen LogP contribution in [0.15, 0.2) is 12.0 Å². The van der Waals surface area contributed by atoms with E-state index in [9.17, 15) is 13.0 Å². The summed E-state index contributed by atoms with van der Waals surface area (Å²) in [7, 11) is -1.33. The smallest absolute Gasteiger partial charge is 0.236 e. The maximum absolute atomic E-state index is 12.1. The number of hydrogen-bond donors (Lipinski definition) is 1. The number of halogens is 2. The maximum Gasteiger partial charge on any atom is 0.344 e. The highest BCUT2D eigenvalue weighted by Gasteiger charge is 2.51. The number of rotatable bonds is 2. The molecule has 5 heteroatoms. The minimum atomic E-state index is -2.60. The molecule has 0 aliphatic carbocycles. The lowest BCUT2D eigenvalue weighted by atomic mass is 10.2. The Hall–Kier alpha value is -0.290. The molecule has 58 valence electrons. The van der Waals surface area contributed by atoms with Gasteiger partial charge in [0.25, 0.3) is 0 Å². The molecule has 1 aliphatic heterocycles. The predicted octanol–water partition coefficient (Wildman–Crippen LogP) is -0.673. The molecule has 0 bridgehead atoms. The van der Waals surface area contributed by atoms with Gasteiger partial charge in [-0.1, -0.05) is 6.58 Å². The lowest BCUT2D eigenvalue weighted by Gasteiger charge is -2.31. The molecule has 10 heavy (non-hydrogen) atoms. The minimum absolute atomic E-state index is 0.328. The van der Waals surface area contributed by atoms with Gasteiger partial charge in [-0.3, -0.25) is 0 Å². The standard InChI is InChI=1S/C5H7F2NOS/c1-2-10(9)8-3-5(6,7)4-8/h2H,1,3-4H2/p+1. The van der Waals surface area contributed by atoms with Crippen molar-refractivity contribution in [3.63, 3.8) is 0 Å². The summed E-state index contributed by atoms with van der Waals surface area (Å²) in [6, 6.07) is 0. The molecule has 0 saturated carbocycles. The molecule has 1 saturated heterocycles. The summed E-state index contributed by atoms with van der Waals surface area (Å²) in [5.41, 5.74) is 0. The van der Waals surface area contributed by atoms with Gasteiger partial charge in [0.15, 0.2) is 13.1 Å². The molecule has 0 amide bonds. The van der Waals surface area contributed by atoms with Crippen molar-refractivity contribution < 1.29 is 17.3 Å². The molecule has 1 heterocycles. The fraction of sp³-hybridized carbons (Fsp3) is 0.600. The third-order valence-corrected chi connectivity index (χ3v) is 2.51. The first-order valence-electron chi connectivity index (χ1n) is 2.81. The van der Waals surface area contributed by atoms with Gasteiger partial charge in [-0.2, -0.15) is 13.0 Å². The zero-order chi connectivity index (χ0) is 7.78. The average Bonchev–Trinajstić information content (AvgIpc) is 1.81. The van der Waals surface area contributed by atoms with E-state index in [0.29, 0.717) is 4.31 Å². The van der Waals surface area contributed by atoms with Gasteiger partial charge in [0.05, 0.1) is 5.41 Å². The van der Waals surface area contributed by atoms with Crippen LogP contribution in [0, 0.1) is 0 Å². The van der Waals surface area contributed by atoms with E-state index >= 15 is 0 Å². The molecule has 1 fully saturated rings. The number of nitrogens with one attached hydrogen (secondary N) is 1. The Bertz CT molecular complexity index is 174. The van der Waals surface area contributed by atoms with E-state index in [-0.39, 0.29) is 13.1 Å². The number of quaternary nitrogens is 1. The van der Waals surface area contributed by atoms with Crippen molar-refractivity contribution in [1.29, 1.82) is 0 Å². The second-order valence-electron chi connectivity index (χ2n) is 2.21. The van der Waals surface area contributed by atoms with Crippen molar-refractivity contribution in [3.05, 3.63) is 12.0 Å². The molecule has 2 nitrogen and oxygen atoms in total. The highest BCUT2D eigenvalue weighted by atomic mass is 32.2. The minimum Gasteiger partial charge on any atom is -0.236 e. The Balaban J connectivity index is 2.39. The van der Waals surface area contributed by atoms with Gasteiger partial charge in [-0.25, -0.2) is 4.31 Å². The van der Waals surface area contributed by atoms with Gasteiger partial charge in [-0.15, -0.1) is 0 Å². The van der Waals surface area contributed by atoms with Crippen LogP contribution in [0.25, 0.3) is 0 Å². The van der Waals surface area contributed by atoms with E-state index in [2.05, 4.69) is 6.58 Å². The van der Waals surface area contributed by atoms with E-state index in [1.807, 2.05) is 0 Å². The third kappa shape index (κ3) is 1.41. The third-order valence-electron chi connectivity index (χ3n) is 1.35. The maximum atomic E-state index is 12.1. The SMILES string of the molecule is C=CS(=O)[NH+]1CC(F)(F)C1. The first-order valence-corrected chi connectivity index (χ1v) is 4.02. The Kier molecular flexibility index (Phi) is 1.87. The van der Waals surface area contributed by atoms with Crippen molar-refractivity contribution in [2.24, 2.45) is 0 Å². The molecule has 1 rings (SSSR count). The fourth-order valence-electron chi connectivity index (χ4n) is 0.785. The normalized spacial score (nSPS) is 27.0. The van der Waals surface area contributed by atoms with Crippen LogP contribution in [0.3, 0.4) is 0 Å². The number of alkyl halides is 2. The van der Waals surface area contributed by atoms with Crippen LogP contribution < -0.4 is 4.31 Å². The lowest BCUT2D eigenvalue weighted by Crippen LogP contribution is -3.22. The van der Waals surface area contributed by atoms with Crippen molar-refractivity contribution in [1.82, 2.24) is 0 Å². The van der Waals surface area contributed by atoms with Crippen molar-refractivity contribution >= 4 is 11.0 Å². The van der Waals surface area contributed by atoms with Crippen molar-refractivity contribution in [2.75, 3.05) is 13.1 Å². The molecule has 0 radical (unpaired) electrons. The van der Waals surface area contributed by atoms with Crippen molar-refractivity contribution in [3.8, 4) is 0 Å². The molecule has 1 aliphatic rings. The van der Waals surface area contributed by atoms with E-state index in [1.165, 1.54) is 5.41 Å². The van der Waals surface area contributed by atoms with E-state index in [4.69, 9.17) is 0 Å². The van der Waals surface area contributed by atoms with Crippen LogP contribution in [-0.2, 0) is 11.0 Å². The molecule has 0 spiro atoms. The van der Waals surface area contributed by atoms with E-state index < -0.39 is 16.9 Å². The Morgan fingerprint density at radius 1 is 1.60 bits per heavy atom. The van der Waals surface area contributed by atoms with Gasteiger partial charge >= 0.3 is 5.92 Å². The summed E-state index contributed by atoms with van der Waals surface area (Å²) in [4.78, 5) is 0. The van der Waals surface area contributed by atoms with Crippen LogP contribution in [0.4, 0.5) is 8.78 Å². The van der Waals surface area contributed by atoms with Gasteiger partial charge in [0, 0.05) is 0 Å². The molecule has 0 aromatic heterocycles. The monoisotopic (exact) mass is 168 g/mol. The zero-order valence-corrected chi connectivity index (χ0v) is 6.09. The largest absolute Gasteiger partial charge is 0.344 e. The Morgan fingerprint density at radius 2 is 2.10 bits per heavy atom. The molecule has 1 N–H and O–H groups in total. The molecule has 1 unspecified atom stereocenters. The van der Waals surface area contributed by atoms with Gasteiger partial charge in [0.2, 0.25) is 11.0 Å². The van der Waals surface area contributed by atoms with Crippen LogP contribution in [0.5, 0.6) is 0 Å². The second kappa shape index (κ2) is 2.39. The zero-order valence-electron chi connectivity index (χ0n) is 5.27. The van der Waals surface area contributed by atoms with Crippen LogP contribution in [0.1, 0.15) is 0 Å². The molecule has 0 aromatic rings. The topological polar surface area (TPSA) is 21.5 Å². The first-order chi connectivity index (χ1) is 4.55. The highest BCUT2D eigenvalue weighted by molar-refractivity contribution is 7.81. The van der Waals surface area contributed by atoms with Crippen LogP contribution >= 0.6 is 0 Å². The van der Waals surface area contributed by atoms with Gasteiger partial charge < -0.3 is 0 Å². The predicted molar refractivity (Wildman–Crippen MR) is 34.0 cm³/mol. The summed E-state index contributed by atoms with van der Waals surface area (Å²) in [6.07, 6.45) is 0. The fourth-order valence-corrected chi connectivity index (χ4v) is 1.73.